The third-order valence-electron chi connectivity index (χ3n) is 1.88. The van der Waals surface area contributed by atoms with Crippen LogP contribution in [0.15, 0.2) is 18.3 Å². The van der Waals surface area contributed by atoms with Gasteiger partial charge in [0.15, 0.2) is 0 Å². The molecule has 0 bridgehead atoms. The summed E-state index contributed by atoms with van der Waals surface area (Å²) in [5, 5.41) is 10.3. The summed E-state index contributed by atoms with van der Waals surface area (Å²) >= 11 is 0. The predicted molar refractivity (Wildman–Crippen MR) is 53.0 cm³/mol. The van der Waals surface area contributed by atoms with Crippen LogP contribution < -0.4 is 5.73 Å². The third kappa shape index (κ3) is 3.72. The number of nitrogens with two attached hydrogens (primary N) is 1. The predicted octanol–water partition coefficient (Wildman–Crippen LogP) is 0.798. The van der Waals surface area contributed by atoms with Gasteiger partial charge in [-0.15, -0.1) is 0 Å². The lowest BCUT2D eigenvalue weighted by Gasteiger charge is -1.98. The zero-order valence-corrected chi connectivity index (χ0v) is 8.05. The van der Waals surface area contributed by atoms with Crippen molar-refractivity contribution in [3.63, 3.8) is 0 Å². The maximum Gasteiger partial charge on any atom is 0.287 e. The molecule has 0 unspecified atom stereocenters. The van der Waals surface area contributed by atoms with Gasteiger partial charge < -0.3 is 5.73 Å². The molecule has 1 rings (SSSR count). The van der Waals surface area contributed by atoms with Crippen LogP contribution in [0.5, 0.6) is 0 Å². The highest BCUT2D eigenvalue weighted by Gasteiger charge is 2.05. The second-order valence-electron chi connectivity index (χ2n) is 3.08. The number of carbonyl (C=O) groups is 1. The van der Waals surface area contributed by atoms with Crippen LogP contribution in [0, 0.1) is 10.1 Å². The van der Waals surface area contributed by atoms with Crippen molar-refractivity contribution < 1.29 is 9.72 Å². The van der Waals surface area contributed by atoms with Crippen LogP contribution >= 0.6 is 0 Å². The maximum atomic E-state index is 10.4. The van der Waals surface area contributed by atoms with Gasteiger partial charge in [0, 0.05) is 18.2 Å². The number of hydrogen-bond donors (Lipinski definition) is 1. The summed E-state index contributed by atoms with van der Waals surface area (Å²) in [6.45, 7) is 0. The normalized spacial score (nSPS) is 9.87. The van der Waals surface area contributed by atoms with E-state index in [-0.39, 0.29) is 11.6 Å². The summed E-state index contributed by atoms with van der Waals surface area (Å²) < 4.78 is 0. The molecule has 1 aromatic rings. The zero-order chi connectivity index (χ0) is 11.3. The van der Waals surface area contributed by atoms with E-state index in [1.54, 1.807) is 6.07 Å². The number of amides is 1. The molecule has 0 atom stereocenters. The molecule has 0 aromatic carbocycles. The van der Waals surface area contributed by atoms with Gasteiger partial charge in [-0.05, 0) is 18.9 Å². The Morgan fingerprint density at radius 3 is 2.73 bits per heavy atom. The summed E-state index contributed by atoms with van der Waals surface area (Å²) in [5.74, 6) is -0.350. The number of hydrogen-bond acceptors (Lipinski definition) is 4. The lowest BCUT2D eigenvalue weighted by molar-refractivity contribution is -0.385. The van der Waals surface area contributed by atoms with Gasteiger partial charge in [0.25, 0.3) is 5.69 Å². The van der Waals surface area contributed by atoms with E-state index < -0.39 is 4.92 Å². The van der Waals surface area contributed by atoms with Crippen LogP contribution in [0.1, 0.15) is 18.5 Å². The first-order chi connectivity index (χ1) is 7.09. The first-order valence-electron chi connectivity index (χ1n) is 4.47. The highest BCUT2D eigenvalue weighted by molar-refractivity contribution is 5.73. The van der Waals surface area contributed by atoms with Crippen LogP contribution in [0.4, 0.5) is 5.69 Å². The number of nitro groups is 1. The summed E-state index contributed by atoms with van der Waals surface area (Å²) in [6.07, 6.45) is 2.72. The average molecular weight is 209 g/mol. The SMILES string of the molecule is NC(=O)CCCc1ccc([N+](=O)[O-])cn1. The van der Waals surface area contributed by atoms with Crippen LogP contribution in [-0.2, 0) is 11.2 Å². The Labute approximate surface area is 86.3 Å². The van der Waals surface area contributed by atoms with E-state index in [1.165, 1.54) is 12.3 Å². The van der Waals surface area contributed by atoms with Gasteiger partial charge in [0.2, 0.25) is 5.91 Å². The number of nitrogens with zero attached hydrogens (tertiary/aromatic N) is 2. The Kier molecular flexibility index (Phi) is 3.73. The number of aryl methyl sites for hydroxylation is 1. The first kappa shape index (κ1) is 11.1. The second-order valence-corrected chi connectivity index (χ2v) is 3.08. The molecule has 0 spiro atoms. The summed E-state index contributed by atoms with van der Waals surface area (Å²) in [6, 6.07) is 2.98. The lowest BCUT2D eigenvalue weighted by Crippen LogP contribution is -2.10. The molecule has 6 nitrogen and oxygen atoms in total. The van der Waals surface area contributed by atoms with E-state index in [0.717, 1.165) is 5.69 Å². The molecule has 0 aliphatic carbocycles. The quantitative estimate of drug-likeness (QED) is 0.572. The average Bonchev–Trinajstić information content (AvgIpc) is 2.18. The van der Waals surface area contributed by atoms with E-state index in [1.807, 2.05) is 0 Å². The molecular formula is C9H11N3O3. The van der Waals surface area contributed by atoms with E-state index in [2.05, 4.69) is 4.98 Å². The van der Waals surface area contributed by atoms with Crippen LogP contribution in [0.2, 0.25) is 0 Å². The van der Waals surface area contributed by atoms with Crippen LogP contribution in [-0.4, -0.2) is 15.8 Å². The van der Waals surface area contributed by atoms with E-state index in [4.69, 9.17) is 5.73 Å². The van der Waals surface area contributed by atoms with Crippen molar-refractivity contribution in [1.82, 2.24) is 4.98 Å². The molecule has 0 aliphatic rings. The zero-order valence-electron chi connectivity index (χ0n) is 8.05. The van der Waals surface area contributed by atoms with Crippen LogP contribution in [0.3, 0.4) is 0 Å². The molecule has 0 aliphatic heterocycles. The molecule has 0 saturated heterocycles. The Balaban J connectivity index is 2.50. The maximum absolute atomic E-state index is 10.4. The molecular weight excluding hydrogens is 198 g/mol. The first-order valence-corrected chi connectivity index (χ1v) is 4.47. The number of aromatic nitrogens is 1. The Bertz CT molecular complexity index is 361. The van der Waals surface area contributed by atoms with Gasteiger partial charge in [-0.25, -0.2) is 0 Å². The highest BCUT2D eigenvalue weighted by Crippen LogP contribution is 2.10. The van der Waals surface area contributed by atoms with Gasteiger partial charge in [-0.1, -0.05) is 0 Å². The van der Waals surface area contributed by atoms with Crippen molar-refractivity contribution in [3.8, 4) is 0 Å². The second kappa shape index (κ2) is 5.04. The smallest absolute Gasteiger partial charge is 0.287 e. The number of pyridine rings is 1. The molecule has 1 amide bonds. The topological polar surface area (TPSA) is 99.1 Å². The van der Waals surface area contributed by atoms with E-state index in [9.17, 15) is 14.9 Å². The molecule has 80 valence electrons. The fourth-order valence-corrected chi connectivity index (χ4v) is 1.12. The van der Waals surface area contributed by atoms with Gasteiger partial charge in [-0.3, -0.25) is 19.9 Å². The van der Waals surface area contributed by atoms with Crippen molar-refractivity contribution in [2.45, 2.75) is 19.3 Å². The fraction of sp³-hybridized carbons (Fsp3) is 0.333. The molecule has 15 heavy (non-hydrogen) atoms. The van der Waals surface area contributed by atoms with Gasteiger partial charge >= 0.3 is 0 Å². The van der Waals surface area contributed by atoms with Gasteiger partial charge in [0.05, 0.1) is 4.92 Å². The minimum atomic E-state index is -0.500. The van der Waals surface area contributed by atoms with Crippen molar-refractivity contribution >= 4 is 11.6 Å². The number of rotatable bonds is 5. The van der Waals surface area contributed by atoms with Gasteiger partial charge in [0.1, 0.15) is 6.20 Å². The monoisotopic (exact) mass is 209 g/mol. The van der Waals surface area contributed by atoms with E-state index >= 15 is 0 Å². The molecule has 6 heteroatoms. The minimum Gasteiger partial charge on any atom is -0.370 e. The summed E-state index contributed by atoms with van der Waals surface area (Å²) in [5.41, 5.74) is 5.66. The van der Waals surface area contributed by atoms with Crippen molar-refractivity contribution in [1.29, 1.82) is 0 Å². The molecule has 0 saturated carbocycles. The molecule has 0 radical (unpaired) electrons. The third-order valence-corrected chi connectivity index (χ3v) is 1.88. The minimum absolute atomic E-state index is 0.0337. The van der Waals surface area contributed by atoms with Crippen molar-refractivity contribution in [2.24, 2.45) is 5.73 Å². The lowest BCUT2D eigenvalue weighted by atomic mass is 10.2. The fourth-order valence-electron chi connectivity index (χ4n) is 1.12. The van der Waals surface area contributed by atoms with Crippen molar-refractivity contribution in [3.05, 3.63) is 34.1 Å². The van der Waals surface area contributed by atoms with Crippen molar-refractivity contribution in [2.75, 3.05) is 0 Å². The number of carbonyl (C=O) groups excluding carboxylic acids is 1. The largest absolute Gasteiger partial charge is 0.370 e. The molecule has 2 N–H and O–H groups in total. The molecule has 1 heterocycles. The highest BCUT2D eigenvalue weighted by atomic mass is 16.6. The van der Waals surface area contributed by atoms with Crippen LogP contribution in [0.25, 0.3) is 0 Å². The number of primary amides is 1. The Morgan fingerprint density at radius 1 is 1.53 bits per heavy atom. The van der Waals surface area contributed by atoms with E-state index in [0.29, 0.717) is 19.3 Å². The summed E-state index contributed by atoms with van der Waals surface area (Å²) in [7, 11) is 0. The molecule has 1 aromatic heterocycles. The Hall–Kier alpha value is -1.98. The standard InChI is InChI=1S/C9H11N3O3/c10-9(13)3-1-2-7-4-5-8(6-11-7)12(14)15/h4-6H,1-3H2,(H2,10,13). The molecule has 0 fully saturated rings. The van der Waals surface area contributed by atoms with Gasteiger partial charge in [-0.2, -0.15) is 0 Å². The Morgan fingerprint density at radius 2 is 2.27 bits per heavy atom. The summed E-state index contributed by atoms with van der Waals surface area (Å²) in [4.78, 5) is 24.2.